The number of piperidine rings is 1. The largest absolute Gasteiger partial charge is 0.493 e. The molecule has 0 N–H and O–H groups in total. The van der Waals surface area contributed by atoms with Gasteiger partial charge in [-0.3, -0.25) is 9.78 Å². The van der Waals surface area contributed by atoms with Crippen molar-refractivity contribution in [1.82, 2.24) is 9.88 Å². The summed E-state index contributed by atoms with van der Waals surface area (Å²) in [5.41, 5.74) is 2.33. The van der Waals surface area contributed by atoms with Gasteiger partial charge in [-0.2, -0.15) is 0 Å². The first kappa shape index (κ1) is 17.5. The molecule has 132 valence electrons. The fourth-order valence-corrected chi connectivity index (χ4v) is 3.33. The number of benzene rings is 1. The van der Waals surface area contributed by atoms with E-state index in [-0.39, 0.29) is 5.91 Å². The lowest BCUT2D eigenvalue weighted by Crippen LogP contribution is -2.39. The number of hydrogen-bond acceptors (Lipinski definition) is 3. The summed E-state index contributed by atoms with van der Waals surface area (Å²) in [6.07, 6.45) is 7.19. The Morgan fingerprint density at radius 1 is 1.16 bits per heavy atom. The van der Waals surface area contributed by atoms with Gasteiger partial charge in [0.05, 0.1) is 13.0 Å². The zero-order chi connectivity index (χ0) is 17.5. The molecular weight excluding hydrogens is 312 g/mol. The van der Waals surface area contributed by atoms with Crippen LogP contribution in [0.25, 0.3) is 0 Å². The Kier molecular flexibility index (Phi) is 6.04. The van der Waals surface area contributed by atoms with Crippen LogP contribution >= 0.6 is 0 Å². The molecular formula is C21H26N2O2. The molecule has 4 heteroatoms. The Morgan fingerprint density at radius 2 is 1.88 bits per heavy atom. The molecule has 0 bridgehead atoms. The molecule has 1 aromatic heterocycles. The van der Waals surface area contributed by atoms with Crippen molar-refractivity contribution in [3.05, 3.63) is 59.9 Å². The molecule has 0 unspecified atom stereocenters. The van der Waals surface area contributed by atoms with Crippen LogP contribution in [0.2, 0.25) is 0 Å². The number of rotatable bonds is 6. The van der Waals surface area contributed by atoms with Gasteiger partial charge in [-0.25, -0.2) is 0 Å². The molecule has 25 heavy (non-hydrogen) atoms. The van der Waals surface area contributed by atoms with E-state index in [4.69, 9.17) is 4.74 Å². The first-order valence-corrected chi connectivity index (χ1v) is 9.07. The van der Waals surface area contributed by atoms with Gasteiger partial charge in [-0.05, 0) is 55.4 Å². The van der Waals surface area contributed by atoms with Crippen LogP contribution in [0.5, 0.6) is 5.75 Å². The second-order valence-corrected chi connectivity index (χ2v) is 6.75. The summed E-state index contributed by atoms with van der Waals surface area (Å²) in [5, 5.41) is 0. The summed E-state index contributed by atoms with van der Waals surface area (Å²) >= 11 is 0. The van der Waals surface area contributed by atoms with E-state index in [1.807, 2.05) is 29.2 Å². The van der Waals surface area contributed by atoms with Crippen LogP contribution in [-0.4, -0.2) is 35.5 Å². The highest BCUT2D eigenvalue weighted by molar-refractivity contribution is 5.79. The average Bonchev–Trinajstić information content (AvgIpc) is 2.65. The maximum absolute atomic E-state index is 12.5. The molecule has 1 saturated heterocycles. The van der Waals surface area contributed by atoms with Crippen molar-refractivity contribution in [3.63, 3.8) is 0 Å². The Bertz CT molecular complexity index is 679. The summed E-state index contributed by atoms with van der Waals surface area (Å²) in [5.74, 6) is 1.77. The summed E-state index contributed by atoms with van der Waals surface area (Å²) in [7, 11) is 0. The second kappa shape index (κ2) is 8.65. The molecule has 1 aromatic carbocycles. The molecule has 1 fully saturated rings. The lowest BCUT2D eigenvalue weighted by Gasteiger charge is -2.32. The van der Waals surface area contributed by atoms with E-state index >= 15 is 0 Å². The highest BCUT2D eigenvalue weighted by atomic mass is 16.5. The number of aromatic nitrogens is 1. The van der Waals surface area contributed by atoms with Gasteiger partial charge >= 0.3 is 0 Å². The number of nitrogens with zero attached hydrogens (tertiary/aromatic N) is 2. The van der Waals surface area contributed by atoms with Crippen LogP contribution < -0.4 is 4.74 Å². The topological polar surface area (TPSA) is 42.4 Å². The van der Waals surface area contributed by atoms with Crippen LogP contribution in [0.4, 0.5) is 0 Å². The molecule has 1 aliphatic rings. The molecule has 0 spiro atoms. The van der Waals surface area contributed by atoms with Crippen LogP contribution in [0.3, 0.4) is 0 Å². The number of aryl methyl sites for hydroxylation is 1. The van der Waals surface area contributed by atoms with E-state index in [2.05, 4.69) is 24.0 Å². The number of ether oxygens (including phenoxy) is 1. The van der Waals surface area contributed by atoms with E-state index in [9.17, 15) is 4.79 Å². The number of carbonyl (C=O) groups is 1. The average molecular weight is 338 g/mol. The Hall–Kier alpha value is -2.36. The molecule has 1 aliphatic heterocycles. The zero-order valence-corrected chi connectivity index (χ0v) is 14.9. The number of hydrogen-bond donors (Lipinski definition) is 0. The van der Waals surface area contributed by atoms with Crippen LogP contribution in [0.15, 0.2) is 48.8 Å². The number of amides is 1. The highest BCUT2D eigenvalue weighted by Crippen LogP contribution is 2.22. The minimum Gasteiger partial charge on any atom is -0.493 e. The summed E-state index contributed by atoms with van der Waals surface area (Å²) < 4.78 is 5.75. The molecule has 0 atom stereocenters. The van der Waals surface area contributed by atoms with Crippen molar-refractivity contribution in [2.75, 3.05) is 19.7 Å². The minimum atomic E-state index is 0.251. The van der Waals surface area contributed by atoms with Gasteiger partial charge in [-0.15, -0.1) is 0 Å². The predicted octanol–water partition coefficient (Wildman–Crippen LogP) is 3.64. The van der Waals surface area contributed by atoms with E-state index in [1.165, 1.54) is 5.56 Å². The van der Waals surface area contributed by atoms with Gasteiger partial charge in [0.1, 0.15) is 5.75 Å². The maximum atomic E-state index is 12.5. The van der Waals surface area contributed by atoms with E-state index < -0.39 is 0 Å². The Labute approximate surface area is 149 Å². The van der Waals surface area contributed by atoms with Crippen molar-refractivity contribution in [2.24, 2.45) is 5.92 Å². The van der Waals surface area contributed by atoms with Gasteiger partial charge in [0.15, 0.2) is 0 Å². The van der Waals surface area contributed by atoms with Crippen molar-refractivity contribution < 1.29 is 9.53 Å². The van der Waals surface area contributed by atoms with E-state index in [1.54, 1.807) is 12.4 Å². The number of likely N-dealkylation sites (tertiary alicyclic amines) is 1. The lowest BCUT2D eigenvalue weighted by molar-refractivity contribution is -0.131. The van der Waals surface area contributed by atoms with E-state index in [0.717, 1.165) is 50.3 Å². The van der Waals surface area contributed by atoms with Gasteiger partial charge in [0.25, 0.3) is 0 Å². The summed E-state index contributed by atoms with van der Waals surface area (Å²) in [4.78, 5) is 18.5. The second-order valence-electron chi connectivity index (χ2n) is 6.75. The van der Waals surface area contributed by atoms with Gasteiger partial charge in [-0.1, -0.05) is 24.3 Å². The fourth-order valence-electron chi connectivity index (χ4n) is 3.33. The Morgan fingerprint density at radius 3 is 2.60 bits per heavy atom. The van der Waals surface area contributed by atoms with Crippen LogP contribution in [0.1, 0.15) is 30.4 Å². The normalized spacial score (nSPS) is 15.2. The van der Waals surface area contributed by atoms with Gasteiger partial charge < -0.3 is 9.64 Å². The molecule has 2 aromatic rings. The van der Waals surface area contributed by atoms with Gasteiger partial charge in [0.2, 0.25) is 5.91 Å². The molecule has 0 radical (unpaired) electrons. The third-order valence-corrected chi connectivity index (χ3v) is 5.01. The smallest absolute Gasteiger partial charge is 0.226 e. The molecule has 3 rings (SSSR count). The van der Waals surface area contributed by atoms with Gasteiger partial charge in [0, 0.05) is 25.5 Å². The molecule has 0 saturated carbocycles. The van der Waals surface area contributed by atoms with Crippen molar-refractivity contribution in [2.45, 2.75) is 32.6 Å². The maximum Gasteiger partial charge on any atom is 0.226 e. The predicted molar refractivity (Wildman–Crippen MR) is 98.5 cm³/mol. The number of carbonyl (C=O) groups excluding carboxylic acids is 1. The first-order chi connectivity index (χ1) is 12.2. The molecule has 1 amide bonds. The quantitative estimate of drug-likeness (QED) is 0.807. The lowest BCUT2D eigenvalue weighted by atomic mass is 9.93. The molecule has 2 heterocycles. The third kappa shape index (κ3) is 5.05. The highest BCUT2D eigenvalue weighted by Gasteiger charge is 2.23. The number of pyridine rings is 1. The van der Waals surface area contributed by atoms with E-state index in [0.29, 0.717) is 12.3 Å². The summed E-state index contributed by atoms with van der Waals surface area (Å²) in [6.45, 7) is 4.53. The fraction of sp³-hybridized carbons (Fsp3) is 0.429. The minimum absolute atomic E-state index is 0.251. The zero-order valence-electron chi connectivity index (χ0n) is 14.9. The van der Waals surface area contributed by atoms with Crippen molar-refractivity contribution in [1.29, 1.82) is 0 Å². The standard InChI is InChI=1S/C21H26N2O2/c1-17-4-2-3-5-19(17)16-21(24)23-13-8-18(9-14-23)10-15-25-20-6-11-22-12-7-20/h2-7,11-12,18H,8-10,13-16H2,1H3. The van der Waals surface area contributed by atoms with Crippen LogP contribution in [0, 0.1) is 12.8 Å². The monoisotopic (exact) mass is 338 g/mol. The molecule has 4 nitrogen and oxygen atoms in total. The Balaban J connectivity index is 1.39. The SMILES string of the molecule is Cc1ccccc1CC(=O)N1CCC(CCOc2ccncc2)CC1. The third-order valence-electron chi connectivity index (χ3n) is 5.01. The first-order valence-electron chi connectivity index (χ1n) is 9.07. The van der Waals surface area contributed by atoms with Crippen LogP contribution in [-0.2, 0) is 11.2 Å². The van der Waals surface area contributed by atoms with Crippen molar-refractivity contribution >= 4 is 5.91 Å². The van der Waals surface area contributed by atoms with Crippen molar-refractivity contribution in [3.8, 4) is 5.75 Å². The summed E-state index contributed by atoms with van der Waals surface area (Å²) in [6, 6.07) is 11.9. The molecule has 0 aliphatic carbocycles.